The van der Waals surface area contributed by atoms with Crippen molar-refractivity contribution < 1.29 is 9.47 Å². The maximum absolute atomic E-state index is 5.46. The van der Waals surface area contributed by atoms with Crippen molar-refractivity contribution in [1.82, 2.24) is 0 Å². The van der Waals surface area contributed by atoms with Gasteiger partial charge < -0.3 is 9.47 Å². The summed E-state index contributed by atoms with van der Waals surface area (Å²) in [5.74, 6) is 1.59. The number of benzene rings is 2. The van der Waals surface area contributed by atoms with Crippen LogP contribution in [0.5, 0.6) is 11.5 Å². The van der Waals surface area contributed by atoms with E-state index in [0.29, 0.717) is 5.04 Å². The smallest absolute Gasteiger partial charge is 0.160 e. The number of hydrogen-bond donors (Lipinski definition) is 0. The molecule has 0 amide bonds. The van der Waals surface area contributed by atoms with Crippen molar-refractivity contribution >= 4 is 8.07 Å². The van der Waals surface area contributed by atoms with Gasteiger partial charge in [0.2, 0.25) is 0 Å². The van der Waals surface area contributed by atoms with Gasteiger partial charge in [-0.25, -0.2) is 0 Å². The summed E-state index contributed by atoms with van der Waals surface area (Å²) in [6.07, 6.45) is 7.65. The lowest BCUT2D eigenvalue weighted by molar-refractivity contribution is 0.354. The summed E-state index contributed by atoms with van der Waals surface area (Å²) < 4.78 is 10.8. The van der Waals surface area contributed by atoms with Crippen LogP contribution in [0.4, 0.5) is 0 Å². The second-order valence-corrected chi connectivity index (χ2v) is 15.1. The maximum atomic E-state index is 5.46. The van der Waals surface area contributed by atoms with Gasteiger partial charge in [0.15, 0.2) is 11.5 Å². The fraction of sp³-hybridized carbons (Fsp3) is 0.464. The highest BCUT2D eigenvalue weighted by Gasteiger charge is 2.38. The predicted octanol–water partition coefficient (Wildman–Crippen LogP) is 7.79. The van der Waals surface area contributed by atoms with Crippen molar-refractivity contribution in [2.75, 3.05) is 14.2 Å². The normalized spacial score (nSPS) is 11.6. The standard InChI is InChI=1S/C28H40O2Si/c1-28(2,3)31(6,7)25(18-12-11-16-23-14-9-8-10-15-23)19-13-17-24-20-21-26(29-4)27(22-24)30-5/h8-10,12,14-15,20-22H,11,13,16-17,19H2,1-7H3. The van der Waals surface area contributed by atoms with Crippen molar-refractivity contribution in [3.8, 4) is 11.5 Å². The highest BCUT2D eigenvalue weighted by Crippen LogP contribution is 2.41. The second-order valence-electron chi connectivity index (χ2n) is 9.77. The van der Waals surface area contributed by atoms with Crippen LogP contribution in [0.3, 0.4) is 0 Å². The molecular formula is C28H40O2Si. The number of rotatable bonds is 10. The number of allylic oxidation sites excluding steroid dienone is 1. The molecule has 0 saturated carbocycles. The van der Waals surface area contributed by atoms with E-state index in [2.05, 4.69) is 88.1 Å². The Morgan fingerprint density at radius 1 is 0.903 bits per heavy atom. The van der Waals surface area contributed by atoms with Crippen molar-refractivity contribution in [3.63, 3.8) is 0 Å². The third-order valence-corrected chi connectivity index (χ3v) is 12.3. The quantitative estimate of drug-likeness (QED) is 0.279. The van der Waals surface area contributed by atoms with E-state index < -0.39 is 8.07 Å². The van der Waals surface area contributed by atoms with Crippen molar-refractivity contribution in [2.45, 2.75) is 71.0 Å². The first-order valence-electron chi connectivity index (χ1n) is 11.4. The molecule has 0 spiro atoms. The van der Waals surface area contributed by atoms with Crippen LogP contribution in [0.25, 0.3) is 0 Å². The van der Waals surface area contributed by atoms with E-state index in [1.54, 1.807) is 19.4 Å². The molecule has 0 radical (unpaired) electrons. The minimum atomic E-state index is -1.60. The molecule has 3 heteroatoms. The molecule has 0 N–H and O–H groups in total. The lowest BCUT2D eigenvalue weighted by Gasteiger charge is -2.38. The number of aryl methyl sites for hydroxylation is 2. The first-order valence-corrected chi connectivity index (χ1v) is 14.4. The molecule has 168 valence electrons. The van der Waals surface area contributed by atoms with Crippen LogP contribution >= 0.6 is 0 Å². The minimum absolute atomic E-state index is 0.311. The molecule has 0 aliphatic rings. The minimum Gasteiger partial charge on any atom is -0.493 e. The molecule has 0 saturated heterocycles. The zero-order valence-electron chi connectivity index (χ0n) is 20.5. The molecule has 2 nitrogen and oxygen atoms in total. The average Bonchev–Trinajstić information content (AvgIpc) is 2.75. The third kappa shape index (κ3) is 7.16. The molecule has 0 aliphatic carbocycles. The highest BCUT2D eigenvalue weighted by atomic mass is 28.3. The van der Waals surface area contributed by atoms with E-state index in [0.717, 1.165) is 43.6 Å². The van der Waals surface area contributed by atoms with Gasteiger partial charge in [0, 0.05) is 0 Å². The van der Waals surface area contributed by atoms with E-state index in [4.69, 9.17) is 9.47 Å². The molecule has 31 heavy (non-hydrogen) atoms. The summed E-state index contributed by atoms with van der Waals surface area (Å²) in [4.78, 5) is 0. The lowest BCUT2D eigenvalue weighted by atomic mass is 10.1. The van der Waals surface area contributed by atoms with Crippen LogP contribution < -0.4 is 9.47 Å². The Balaban J connectivity index is 2.11. The van der Waals surface area contributed by atoms with E-state index in [-0.39, 0.29) is 0 Å². The Bertz CT molecular complexity index is 885. The predicted molar refractivity (Wildman–Crippen MR) is 136 cm³/mol. The van der Waals surface area contributed by atoms with Gasteiger partial charge in [0.25, 0.3) is 0 Å². The molecular weight excluding hydrogens is 396 g/mol. The molecule has 2 rings (SSSR count). The van der Waals surface area contributed by atoms with Crippen LogP contribution in [0.15, 0.2) is 65.5 Å². The van der Waals surface area contributed by atoms with Gasteiger partial charge in [-0.15, -0.1) is 5.73 Å². The summed E-state index contributed by atoms with van der Waals surface area (Å²) in [6, 6.07) is 17.0. The fourth-order valence-corrected chi connectivity index (χ4v) is 5.77. The van der Waals surface area contributed by atoms with Crippen molar-refractivity contribution in [1.29, 1.82) is 0 Å². The van der Waals surface area contributed by atoms with Gasteiger partial charge in [-0.3, -0.25) is 0 Å². The zero-order chi connectivity index (χ0) is 22.9. The summed E-state index contributed by atoms with van der Waals surface area (Å²) in [7, 11) is 1.77. The first-order chi connectivity index (χ1) is 14.7. The Morgan fingerprint density at radius 2 is 1.58 bits per heavy atom. The third-order valence-electron chi connectivity index (χ3n) is 6.67. The molecule has 0 unspecified atom stereocenters. The van der Waals surface area contributed by atoms with Crippen molar-refractivity contribution in [3.05, 3.63) is 76.7 Å². The second kappa shape index (κ2) is 11.4. The molecule has 0 atom stereocenters. The maximum Gasteiger partial charge on any atom is 0.160 e. The molecule has 0 fully saturated rings. The Kier molecular flexibility index (Phi) is 9.22. The van der Waals surface area contributed by atoms with Gasteiger partial charge in [-0.1, -0.05) is 70.3 Å². The molecule has 2 aromatic rings. The van der Waals surface area contributed by atoms with Gasteiger partial charge in [-0.05, 0) is 71.7 Å². The molecule has 0 aromatic heterocycles. The molecule has 0 heterocycles. The van der Waals surface area contributed by atoms with Crippen LogP contribution in [-0.4, -0.2) is 22.3 Å². The molecule has 0 aliphatic heterocycles. The summed E-state index contributed by atoms with van der Waals surface area (Å²) in [5, 5.41) is 1.86. The number of hydrogen-bond acceptors (Lipinski definition) is 2. The van der Waals surface area contributed by atoms with Crippen LogP contribution in [-0.2, 0) is 12.8 Å². The van der Waals surface area contributed by atoms with Crippen LogP contribution in [0, 0.1) is 0 Å². The highest BCUT2D eigenvalue weighted by molar-refractivity contribution is 6.86. The largest absolute Gasteiger partial charge is 0.493 e. The van der Waals surface area contributed by atoms with Crippen molar-refractivity contribution in [2.24, 2.45) is 0 Å². The molecule has 0 bridgehead atoms. The Labute approximate surface area is 191 Å². The van der Waals surface area contributed by atoms with E-state index in [1.807, 2.05) is 6.07 Å². The topological polar surface area (TPSA) is 18.5 Å². The average molecular weight is 437 g/mol. The van der Waals surface area contributed by atoms with Crippen LogP contribution in [0.1, 0.15) is 51.2 Å². The Hall–Kier alpha value is -2.22. The SMILES string of the molecule is COc1ccc(CCCC(=C=CCCc2ccccc2)[Si](C)(C)C(C)(C)C)cc1OC. The molecule has 2 aromatic carbocycles. The summed E-state index contributed by atoms with van der Waals surface area (Å²) >= 11 is 0. The fourth-order valence-electron chi connectivity index (χ4n) is 3.60. The van der Waals surface area contributed by atoms with Crippen LogP contribution in [0.2, 0.25) is 18.1 Å². The zero-order valence-corrected chi connectivity index (χ0v) is 21.5. The van der Waals surface area contributed by atoms with E-state index in [1.165, 1.54) is 11.1 Å². The summed E-state index contributed by atoms with van der Waals surface area (Å²) in [5.41, 5.74) is 6.46. The van der Waals surface area contributed by atoms with Gasteiger partial charge >= 0.3 is 0 Å². The van der Waals surface area contributed by atoms with Gasteiger partial charge in [-0.2, -0.15) is 0 Å². The first kappa shape index (κ1) is 25.0. The van der Waals surface area contributed by atoms with E-state index >= 15 is 0 Å². The number of methoxy groups -OCH3 is 2. The lowest BCUT2D eigenvalue weighted by Crippen LogP contribution is -2.39. The monoisotopic (exact) mass is 436 g/mol. The van der Waals surface area contributed by atoms with E-state index in [9.17, 15) is 0 Å². The Morgan fingerprint density at radius 3 is 2.19 bits per heavy atom. The van der Waals surface area contributed by atoms with Gasteiger partial charge in [0.1, 0.15) is 0 Å². The number of ether oxygens (including phenoxy) is 2. The summed E-state index contributed by atoms with van der Waals surface area (Å²) in [6.45, 7) is 12.2. The van der Waals surface area contributed by atoms with Gasteiger partial charge in [0.05, 0.1) is 22.3 Å².